The number of carbonyl (C=O) groups excluding carboxylic acids is 1. The Balaban J connectivity index is 1.66. The Morgan fingerprint density at radius 3 is 2.69 bits per heavy atom. The fourth-order valence-corrected chi connectivity index (χ4v) is 3.01. The average molecular weight is 395 g/mol. The Kier molecular flexibility index (Phi) is 6.14. The molecule has 0 bridgehead atoms. The van der Waals surface area contributed by atoms with Gasteiger partial charge in [-0.2, -0.15) is 0 Å². The van der Waals surface area contributed by atoms with Crippen molar-refractivity contribution in [1.29, 1.82) is 0 Å². The molecule has 0 unspecified atom stereocenters. The third kappa shape index (κ3) is 4.55. The first-order valence-corrected chi connectivity index (χ1v) is 8.85. The molecular weight excluding hydrogens is 378 g/mol. The lowest BCUT2D eigenvalue weighted by molar-refractivity contribution is -0.111. The molecule has 0 atom stereocenters. The van der Waals surface area contributed by atoms with Crippen LogP contribution in [0, 0.1) is 5.82 Å². The van der Waals surface area contributed by atoms with Crippen LogP contribution >= 0.6 is 23.2 Å². The number of halogens is 3. The molecule has 0 aliphatic carbocycles. The summed E-state index contributed by atoms with van der Waals surface area (Å²) < 4.78 is 19.6. The SMILES string of the molecule is O=C(/C=C/c1cccc(Cl)c1Cl)Nc1ccc(N2CCOCC2)c(F)c1. The highest BCUT2D eigenvalue weighted by atomic mass is 35.5. The summed E-state index contributed by atoms with van der Waals surface area (Å²) >= 11 is 12.0. The predicted molar refractivity (Wildman–Crippen MR) is 104 cm³/mol. The van der Waals surface area contributed by atoms with Crippen molar-refractivity contribution in [2.24, 2.45) is 0 Å². The summed E-state index contributed by atoms with van der Waals surface area (Å²) in [5.41, 5.74) is 1.52. The number of carbonyl (C=O) groups is 1. The minimum Gasteiger partial charge on any atom is -0.378 e. The van der Waals surface area contributed by atoms with Crippen LogP contribution in [0.25, 0.3) is 6.08 Å². The first-order chi connectivity index (χ1) is 12.5. The van der Waals surface area contributed by atoms with E-state index in [4.69, 9.17) is 27.9 Å². The number of amides is 1. The second-order valence-electron chi connectivity index (χ2n) is 5.73. The zero-order valence-electron chi connectivity index (χ0n) is 13.8. The van der Waals surface area contributed by atoms with Gasteiger partial charge in [-0.25, -0.2) is 4.39 Å². The van der Waals surface area contributed by atoms with E-state index in [1.54, 1.807) is 36.4 Å². The summed E-state index contributed by atoms with van der Waals surface area (Å²) in [6, 6.07) is 9.79. The summed E-state index contributed by atoms with van der Waals surface area (Å²) in [6.45, 7) is 2.45. The minimum absolute atomic E-state index is 0.374. The molecule has 1 aliphatic heterocycles. The molecule has 4 nitrogen and oxygen atoms in total. The summed E-state index contributed by atoms with van der Waals surface area (Å²) in [5.74, 6) is -0.772. The molecule has 26 heavy (non-hydrogen) atoms. The highest BCUT2D eigenvalue weighted by molar-refractivity contribution is 6.42. The van der Waals surface area contributed by atoms with Gasteiger partial charge in [-0.1, -0.05) is 35.3 Å². The van der Waals surface area contributed by atoms with Gasteiger partial charge in [0.15, 0.2) is 0 Å². The van der Waals surface area contributed by atoms with Crippen molar-refractivity contribution in [3.63, 3.8) is 0 Å². The molecule has 1 saturated heterocycles. The molecule has 1 N–H and O–H groups in total. The predicted octanol–water partition coefficient (Wildman–Crippen LogP) is 4.62. The van der Waals surface area contributed by atoms with E-state index in [2.05, 4.69) is 5.32 Å². The summed E-state index contributed by atoms with van der Waals surface area (Å²) in [7, 11) is 0. The van der Waals surface area contributed by atoms with E-state index in [1.165, 1.54) is 12.1 Å². The van der Waals surface area contributed by atoms with Crippen LogP contribution < -0.4 is 10.2 Å². The molecule has 1 fully saturated rings. The van der Waals surface area contributed by atoms with Gasteiger partial charge in [-0.15, -0.1) is 0 Å². The number of ether oxygens (including phenoxy) is 1. The number of benzene rings is 2. The van der Waals surface area contributed by atoms with Crippen molar-refractivity contribution in [3.05, 3.63) is 63.9 Å². The van der Waals surface area contributed by atoms with Gasteiger partial charge >= 0.3 is 0 Å². The summed E-state index contributed by atoms with van der Waals surface area (Å²) in [6.07, 6.45) is 2.88. The normalized spacial score (nSPS) is 14.7. The van der Waals surface area contributed by atoms with E-state index in [0.29, 0.717) is 53.3 Å². The van der Waals surface area contributed by atoms with Crippen molar-refractivity contribution in [3.8, 4) is 0 Å². The second kappa shape index (κ2) is 8.54. The third-order valence-electron chi connectivity index (χ3n) is 3.96. The number of morpholine rings is 1. The molecule has 1 aliphatic rings. The smallest absolute Gasteiger partial charge is 0.248 e. The fourth-order valence-electron chi connectivity index (χ4n) is 2.64. The average Bonchev–Trinajstić information content (AvgIpc) is 2.64. The van der Waals surface area contributed by atoms with Gasteiger partial charge in [0.2, 0.25) is 5.91 Å². The van der Waals surface area contributed by atoms with Gasteiger partial charge in [-0.05, 0) is 35.9 Å². The molecule has 0 aromatic heterocycles. The number of anilines is 2. The number of nitrogens with zero attached hydrogens (tertiary/aromatic N) is 1. The molecule has 1 heterocycles. The van der Waals surface area contributed by atoms with Gasteiger partial charge in [0.1, 0.15) is 5.82 Å². The highest BCUT2D eigenvalue weighted by Crippen LogP contribution is 2.27. The highest BCUT2D eigenvalue weighted by Gasteiger charge is 2.15. The maximum atomic E-state index is 14.3. The lowest BCUT2D eigenvalue weighted by atomic mass is 10.2. The number of hydrogen-bond acceptors (Lipinski definition) is 3. The van der Waals surface area contributed by atoms with E-state index in [9.17, 15) is 9.18 Å². The first-order valence-electron chi connectivity index (χ1n) is 8.10. The van der Waals surface area contributed by atoms with E-state index in [-0.39, 0.29) is 11.7 Å². The maximum absolute atomic E-state index is 14.3. The zero-order chi connectivity index (χ0) is 18.5. The number of hydrogen-bond donors (Lipinski definition) is 1. The first kappa shape index (κ1) is 18.7. The molecule has 136 valence electrons. The molecular formula is C19H17Cl2FN2O2. The van der Waals surface area contributed by atoms with Crippen molar-refractivity contribution in [2.45, 2.75) is 0 Å². The largest absolute Gasteiger partial charge is 0.378 e. The van der Waals surface area contributed by atoms with Crippen molar-refractivity contribution < 1.29 is 13.9 Å². The van der Waals surface area contributed by atoms with Gasteiger partial charge in [0.05, 0.1) is 28.9 Å². The molecule has 2 aromatic rings. The Labute approximate surface area is 161 Å². The lowest BCUT2D eigenvalue weighted by Gasteiger charge is -2.29. The van der Waals surface area contributed by atoms with Crippen LogP contribution in [0.5, 0.6) is 0 Å². The molecule has 0 radical (unpaired) electrons. The van der Waals surface area contributed by atoms with Crippen LogP contribution in [0.2, 0.25) is 10.0 Å². The standard InChI is InChI=1S/C19H17Cl2FN2O2/c20-15-3-1-2-13(19(15)21)4-7-18(25)23-14-5-6-17(16(22)12-14)24-8-10-26-11-9-24/h1-7,12H,8-11H2,(H,23,25)/b7-4+. The van der Waals surface area contributed by atoms with Crippen LogP contribution in [0.15, 0.2) is 42.5 Å². The number of rotatable bonds is 4. The van der Waals surface area contributed by atoms with E-state index in [0.717, 1.165) is 0 Å². The van der Waals surface area contributed by atoms with Crippen molar-refractivity contribution in [1.82, 2.24) is 0 Å². The van der Waals surface area contributed by atoms with Crippen LogP contribution in [0.3, 0.4) is 0 Å². The van der Waals surface area contributed by atoms with Crippen molar-refractivity contribution in [2.75, 3.05) is 36.5 Å². The maximum Gasteiger partial charge on any atom is 0.248 e. The van der Waals surface area contributed by atoms with Crippen LogP contribution in [-0.4, -0.2) is 32.2 Å². The topological polar surface area (TPSA) is 41.6 Å². The van der Waals surface area contributed by atoms with E-state index < -0.39 is 0 Å². The van der Waals surface area contributed by atoms with Gasteiger partial charge in [-0.3, -0.25) is 4.79 Å². The monoisotopic (exact) mass is 394 g/mol. The van der Waals surface area contributed by atoms with Crippen LogP contribution in [0.4, 0.5) is 15.8 Å². The van der Waals surface area contributed by atoms with Crippen molar-refractivity contribution >= 4 is 46.6 Å². The Bertz CT molecular complexity index is 836. The zero-order valence-corrected chi connectivity index (χ0v) is 15.4. The molecule has 0 saturated carbocycles. The van der Waals surface area contributed by atoms with Gasteiger partial charge in [0, 0.05) is 24.9 Å². The van der Waals surface area contributed by atoms with Gasteiger partial charge in [0.25, 0.3) is 0 Å². The lowest BCUT2D eigenvalue weighted by Crippen LogP contribution is -2.36. The summed E-state index contributed by atoms with van der Waals surface area (Å²) in [4.78, 5) is 14.0. The molecule has 2 aromatic carbocycles. The molecule has 3 rings (SSSR count). The van der Waals surface area contributed by atoms with Crippen LogP contribution in [-0.2, 0) is 9.53 Å². The fraction of sp³-hybridized carbons (Fsp3) is 0.211. The quantitative estimate of drug-likeness (QED) is 0.769. The minimum atomic E-state index is -0.389. The van der Waals surface area contributed by atoms with E-state index >= 15 is 0 Å². The third-order valence-corrected chi connectivity index (χ3v) is 4.80. The van der Waals surface area contributed by atoms with E-state index in [1.807, 2.05) is 4.90 Å². The molecule has 1 amide bonds. The molecule has 0 spiro atoms. The Morgan fingerprint density at radius 2 is 1.96 bits per heavy atom. The van der Waals surface area contributed by atoms with Gasteiger partial charge < -0.3 is 15.0 Å². The Hall–Kier alpha value is -2.08. The summed E-state index contributed by atoms with van der Waals surface area (Å²) in [5, 5.41) is 3.42. The molecule has 7 heteroatoms. The number of nitrogens with one attached hydrogen (secondary N) is 1. The Morgan fingerprint density at radius 1 is 1.19 bits per heavy atom. The van der Waals surface area contributed by atoms with Crippen LogP contribution in [0.1, 0.15) is 5.56 Å². The second-order valence-corrected chi connectivity index (χ2v) is 6.52.